The summed E-state index contributed by atoms with van der Waals surface area (Å²) in [6.07, 6.45) is 2.24. The van der Waals surface area contributed by atoms with E-state index in [1.807, 2.05) is 13.0 Å². The minimum Gasteiger partial charge on any atom is -0.429 e. The number of carbonyl (C=O) groups excluding carboxylic acids is 1. The number of aryl methyl sites for hydroxylation is 1. The Hall–Kier alpha value is -1.46. The number of hydrogen-bond acceptors (Lipinski definition) is 5. The Bertz CT molecular complexity index is 510. The number of nitrogens with zero attached hydrogens (tertiary/aromatic N) is 2. The van der Waals surface area contributed by atoms with Crippen molar-refractivity contribution in [3.05, 3.63) is 34.1 Å². The first-order chi connectivity index (χ1) is 7.69. The van der Waals surface area contributed by atoms with Gasteiger partial charge in [0.15, 0.2) is 11.4 Å². The van der Waals surface area contributed by atoms with Crippen LogP contribution in [0.5, 0.6) is 10.9 Å². The van der Waals surface area contributed by atoms with Gasteiger partial charge in [-0.25, -0.2) is 0 Å². The summed E-state index contributed by atoms with van der Waals surface area (Å²) in [7, 11) is 0. The van der Waals surface area contributed by atoms with Crippen LogP contribution in [0.1, 0.15) is 15.4 Å². The predicted octanol–water partition coefficient (Wildman–Crippen LogP) is 3.10. The monoisotopic (exact) mass is 254 g/mol. The molecule has 4 nitrogen and oxygen atoms in total. The molecule has 2 aromatic rings. The van der Waals surface area contributed by atoms with Crippen LogP contribution in [0.2, 0.25) is 5.15 Å². The molecule has 0 fully saturated rings. The van der Waals surface area contributed by atoms with Crippen molar-refractivity contribution in [3.63, 3.8) is 0 Å². The number of ether oxygens (including phenoxy) is 1. The number of thiazole rings is 1. The second-order valence-electron chi connectivity index (χ2n) is 2.99. The van der Waals surface area contributed by atoms with Gasteiger partial charge in [0.2, 0.25) is 0 Å². The molecule has 16 heavy (non-hydrogen) atoms. The Balaban J connectivity index is 2.20. The highest BCUT2D eigenvalue weighted by atomic mass is 35.5. The maximum absolute atomic E-state index is 10.6. The van der Waals surface area contributed by atoms with E-state index in [1.165, 1.54) is 0 Å². The van der Waals surface area contributed by atoms with Crippen LogP contribution < -0.4 is 4.74 Å². The molecule has 0 saturated carbocycles. The van der Waals surface area contributed by atoms with E-state index in [-0.39, 0.29) is 5.15 Å². The Kier molecular flexibility index (Phi) is 3.17. The van der Waals surface area contributed by atoms with Crippen molar-refractivity contribution in [2.24, 2.45) is 0 Å². The molecule has 2 rings (SSSR count). The van der Waals surface area contributed by atoms with Crippen LogP contribution >= 0.6 is 22.9 Å². The summed E-state index contributed by atoms with van der Waals surface area (Å²) in [4.78, 5) is 18.9. The Labute approximate surface area is 101 Å². The van der Waals surface area contributed by atoms with E-state index < -0.39 is 0 Å². The Morgan fingerprint density at radius 2 is 2.31 bits per heavy atom. The van der Waals surface area contributed by atoms with Gasteiger partial charge in [-0.3, -0.25) is 9.78 Å². The number of pyridine rings is 1. The van der Waals surface area contributed by atoms with Crippen LogP contribution in [-0.4, -0.2) is 16.3 Å². The maximum Gasteiger partial charge on any atom is 0.280 e. The molecule has 0 saturated heterocycles. The summed E-state index contributed by atoms with van der Waals surface area (Å²) in [5.74, 6) is 0.563. The van der Waals surface area contributed by atoms with E-state index >= 15 is 0 Å². The molecule has 0 bridgehead atoms. The lowest BCUT2D eigenvalue weighted by atomic mass is 10.4. The van der Waals surface area contributed by atoms with Crippen molar-refractivity contribution in [1.29, 1.82) is 0 Å². The molecule has 0 spiro atoms. The number of halogens is 1. The molecular formula is C10H7ClN2O2S. The first-order valence-electron chi connectivity index (χ1n) is 4.41. The minimum absolute atomic E-state index is 0.162. The SMILES string of the molecule is Cc1ccc(Oc2nc(Cl)c(C=O)s2)cn1. The van der Waals surface area contributed by atoms with Gasteiger partial charge >= 0.3 is 0 Å². The van der Waals surface area contributed by atoms with Gasteiger partial charge in [-0.1, -0.05) is 22.9 Å². The third kappa shape index (κ3) is 2.37. The largest absolute Gasteiger partial charge is 0.429 e. The average Bonchev–Trinajstić information content (AvgIpc) is 2.62. The summed E-state index contributed by atoms with van der Waals surface area (Å²) in [6.45, 7) is 1.88. The maximum atomic E-state index is 10.6. The minimum atomic E-state index is 0.162. The summed E-state index contributed by atoms with van der Waals surface area (Å²) in [5.41, 5.74) is 0.901. The number of aromatic nitrogens is 2. The molecule has 0 radical (unpaired) electrons. The van der Waals surface area contributed by atoms with E-state index in [1.54, 1.807) is 12.3 Å². The smallest absolute Gasteiger partial charge is 0.280 e. The van der Waals surface area contributed by atoms with Gasteiger partial charge in [-0.05, 0) is 19.1 Å². The second-order valence-corrected chi connectivity index (χ2v) is 4.34. The van der Waals surface area contributed by atoms with Crippen LogP contribution in [0.15, 0.2) is 18.3 Å². The summed E-state index contributed by atoms with van der Waals surface area (Å²) in [5, 5.41) is 0.493. The van der Waals surface area contributed by atoms with Gasteiger partial charge in [0.1, 0.15) is 10.6 Å². The molecule has 6 heteroatoms. The third-order valence-electron chi connectivity index (χ3n) is 1.79. The standard InChI is InChI=1S/C10H7ClN2O2S/c1-6-2-3-7(4-12-6)15-10-13-9(11)8(5-14)16-10/h2-5H,1H3. The molecule has 0 atom stereocenters. The lowest BCUT2D eigenvalue weighted by Gasteiger charge is -2.00. The van der Waals surface area contributed by atoms with Gasteiger partial charge in [-0.15, -0.1) is 0 Å². The number of carbonyl (C=O) groups is 1. The zero-order valence-corrected chi connectivity index (χ0v) is 9.88. The molecule has 2 aromatic heterocycles. The molecule has 2 heterocycles. The zero-order chi connectivity index (χ0) is 11.5. The Morgan fingerprint density at radius 3 is 2.88 bits per heavy atom. The molecule has 0 aliphatic rings. The van der Waals surface area contributed by atoms with E-state index in [0.717, 1.165) is 17.0 Å². The van der Waals surface area contributed by atoms with Crippen LogP contribution in [0.4, 0.5) is 0 Å². The molecule has 0 aromatic carbocycles. The van der Waals surface area contributed by atoms with Gasteiger partial charge < -0.3 is 4.74 Å². The van der Waals surface area contributed by atoms with E-state index in [2.05, 4.69) is 9.97 Å². The molecule has 0 unspecified atom stereocenters. The van der Waals surface area contributed by atoms with Crippen LogP contribution in [0.25, 0.3) is 0 Å². The highest BCUT2D eigenvalue weighted by Crippen LogP contribution is 2.30. The first-order valence-corrected chi connectivity index (χ1v) is 5.60. The number of aldehydes is 1. The number of hydrogen-bond donors (Lipinski definition) is 0. The normalized spacial score (nSPS) is 10.1. The quantitative estimate of drug-likeness (QED) is 0.790. The average molecular weight is 255 g/mol. The van der Waals surface area contributed by atoms with E-state index in [9.17, 15) is 4.79 Å². The van der Waals surface area contributed by atoms with E-state index in [4.69, 9.17) is 16.3 Å². The molecule has 0 aliphatic heterocycles. The van der Waals surface area contributed by atoms with Crippen LogP contribution in [0.3, 0.4) is 0 Å². The van der Waals surface area contributed by atoms with Crippen LogP contribution in [-0.2, 0) is 0 Å². The second kappa shape index (κ2) is 4.59. The lowest BCUT2D eigenvalue weighted by molar-refractivity contribution is 0.112. The summed E-state index contributed by atoms with van der Waals surface area (Å²) < 4.78 is 5.40. The molecule has 0 aliphatic carbocycles. The number of rotatable bonds is 3. The fourth-order valence-electron chi connectivity index (χ4n) is 1.03. The van der Waals surface area contributed by atoms with Gasteiger partial charge in [-0.2, -0.15) is 4.98 Å². The van der Waals surface area contributed by atoms with Crippen molar-refractivity contribution in [1.82, 2.24) is 9.97 Å². The van der Waals surface area contributed by atoms with Gasteiger partial charge in [0.25, 0.3) is 5.19 Å². The lowest BCUT2D eigenvalue weighted by Crippen LogP contribution is -1.85. The summed E-state index contributed by atoms with van der Waals surface area (Å²) >= 11 is 6.81. The van der Waals surface area contributed by atoms with Crippen LogP contribution in [0, 0.1) is 6.92 Å². The fourth-order valence-corrected chi connectivity index (χ4v) is 1.95. The predicted molar refractivity (Wildman–Crippen MR) is 61.6 cm³/mol. The highest BCUT2D eigenvalue weighted by Gasteiger charge is 2.10. The van der Waals surface area contributed by atoms with Crippen molar-refractivity contribution in [3.8, 4) is 10.9 Å². The zero-order valence-electron chi connectivity index (χ0n) is 8.31. The van der Waals surface area contributed by atoms with Crippen molar-refractivity contribution >= 4 is 29.2 Å². The van der Waals surface area contributed by atoms with Gasteiger partial charge in [0.05, 0.1) is 6.20 Å². The Morgan fingerprint density at radius 1 is 1.50 bits per heavy atom. The van der Waals surface area contributed by atoms with Crippen molar-refractivity contribution in [2.75, 3.05) is 0 Å². The van der Waals surface area contributed by atoms with Crippen molar-refractivity contribution < 1.29 is 9.53 Å². The molecular weight excluding hydrogens is 248 g/mol. The highest BCUT2D eigenvalue weighted by molar-refractivity contribution is 7.15. The molecule has 82 valence electrons. The summed E-state index contributed by atoms with van der Waals surface area (Å²) in [6, 6.07) is 3.60. The van der Waals surface area contributed by atoms with E-state index in [0.29, 0.717) is 22.1 Å². The fraction of sp³-hybridized carbons (Fsp3) is 0.100. The topological polar surface area (TPSA) is 52.1 Å². The van der Waals surface area contributed by atoms with Gasteiger partial charge in [0, 0.05) is 5.69 Å². The van der Waals surface area contributed by atoms with Crippen molar-refractivity contribution in [2.45, 2.75) is 6.92 Å². The molecule has 0 amide bonds. The third-order valence-corrected chi connectivity index (χ3v) is 3.05. The first kappa shape index (κ1) is 11.0. The molecule has 0 N–H and O–H groups in total.